The van der Waals surface area contributed by atoms with Crippen LogP contribution in [0.4, 0.5) is 10.6 Å². The molecule has 0 radical (unpaired) electrons. The predicted molar refractivity (Wildman–Crippen MR) is 92.5 cm³/mol. The van der Waals surface area contributed by atoms with Crippen molar-refractivity contribution in [3.8, 4) is 11.1 Å². The smallest absolute Gasteiger partial charge is 0.317 e. The topological polar surface area (TPSA) is 107 Å². The number of fused-ring (bicyclic) bond motifs is 1. The van der Waals surface area contributed by atoms with Crippen molar-refractivity contribution in [2.75, 3.05) is 11.6 Å². The first-order valence-corrected chi connectivity index (χ1v) is 8.97. The maximum Gasteiger partial charge on any atom is 0.317 e. The highest BCUT2D eigenvalue weighted by Gasteiger charge is 2.13. The lowest BCUT2D eigenvalue weighted by Crippen LogP contribution is -2.19. The molecular formula is C16H16N4O3S. The van der Waals surface area contributed by atoms with Crippen molar-refractivity contribution in [3.63, 3.8) is 0 Å². The van der Waals surface area contributed by atoms with E-state index in [-0.39, 0.29) is 4.90 Å². The number of carbonyl (C=O) groups is 1. The molecule has 0 bridgehead atoms. The van der Waals surface area contributed by atoms with E-state index in [0.717, 1.165) is 22.0 Å². The molecule has 3 rings (SSSR count). The number of nitrogens with zero attached hydrogens (tertiary/aromatic N) is 2. The Hall–Kier alpha value is -2.87. The number of rotatable bonds is 3. The molecule has 0 aliphatic carbocycles. The van der Waals surface area contributed by atoms with Crippen molar-refractivity contribution in [2.45, 2.75) is 4.90 Å². The monoisotopic (exact) mass is 344 g/mol. The first-order chi connectivity index (χ1) is 11.3. The third-order valence-electron chi connectivity index (χ3n) is 3.70. The molecule has 2 heterocycles. The summed E-state index contributed by atoms with van der Waals surface area (Å²) in [6, 6.07) is 7.75. The number of pyridine rings is 1. The largest absolute Gasteiger partial charge is 0.351 e. The second-order valence-corrected chi connectivity index (χ2v) is 7.55. The van der Waals surface area contributed by atoms with Crippen LogP contribution >= 0.6 is 0 Å². The number of anilines is 1. The van der Waals surface area contributed by atoms with E-state index in [2.05, 4.69) is 10.3 Å². The highest BCUT2D eigenvalue weighted by Crippen LogP contribution is 2.32. The Labute approximate surface area is 139 Å². The van der Waals surface area contributed by atoms with Crippen molar-refractivity contribution < 1.29 is 13.2 Å². The summed E-state index contributed by atoms with van der Waals surface area (Å²) >= 11 is 0. The summed E-state index contributed by atoms with van der Waals surface area (Å²) in [5.41, 5.74) is 7.58. The number of hydrogen-bond acceptors (Lipinski definition) is 4. The Morgan fingerprint density at radius 1 is 1.29 bits per heavy atom. The number of nitrogens with one attached hydrogen (secondary N) is 1. The maximum atomic E-state index is 11.8. The van der Waals surface area contributed by atoms with Crippen LogP contribution in [0.25, 0.3) is 22.0 Å². The number of amides is 2. The fourth-order valence-corrected chi connectivity index (χ4v) is 3.26. The molecule has 0 atom stereocenters. The van der Waals surface area contributed by atoms with Gasteiger partial charge in [-0.1, -0.05) is 12.1 Å². The molecular weight excluding hydrogens is 328 g/mol. The molecule has 0 spiro atoms. The molecule has 124 valence electrons. The van der Waals surface area contributed by atoms with Gasteiger partial charge in [0.05, 0.1) is 16.6 Å². The van der Waals surface area contributed by atoms with Crippen LogP contribution in [0.3, 0.4) is 0 Å². The van der Waals surface area contributed by atoms with E-state index in [1.54, 1.807) is 30.5 Å². The summed E-state index contributed by atoms with van der Waals surface area (Å²) in [4.78, 5) is 15.4. The summed E-state index contributed by atoms with van der Waals surface area (Å²) in [6.07, 6.45) is 4.69. The van der Waals surface area contributed by atoms with Gasteiger partial charge >= 0.3 is 6.03 Å². The molecule has 24 heavy (non-hydrogen) atoms. The molecule has 0 aliphatic rings. The average Bonchev–Trinajstić information content (AvgIpc) is 2.83. The van der Waals surface area contributed by atoms with E-state index in [0.29, 0.717) is 5.82 Å². The fourth-order valence-electron chi connectivity index (χ4n) is 2.60. The zero-order valence-electron chi connectivity index (χ0n) is 13.1. The molecule has 3 N–H and O–H groups in total. The second kappa shape index (κ2) is 5.64. The Morgan fingerprint density at radius 3 is 2.71 bits per heavy atom. The normalized spacial score (nSPS) is 11.6. The van der Waals surface area contributed by atoms with Crippen LogP contribution in [0.15, 0.2) is 47.6 Å². The number of benzene rings is 1. The van der Waals surface area contributed by atoms with Gasteiger partial charge in [-0.15, -0.1) is 0 Å². The first-order valence-electron chi connectivity index (χ1n) is 7.08. The average molecular weight is 344 g/mol. The van der Waals surface area contributed by atoms with Gasteiger partial charge in [0.2, 0.25) is 0 Å². The van der Waals surface area contributed by atoms with Crippen molar-refractivity contribution in [3.05, 3.63) is 42.7 Å². The number of primary amides is 1. The minimum absolute atomic E-state index is 0.251. The van der Waals surface area contributed by atoms with E-state index >= 15 is 0 Å². The standard InChI is InChI=1S/C16H16N4O3S/c1-20-9-13(10-4-3-5-11(6-10)24(2,22)23)12-7-15(19-16(17)21)18-8-14(12)20/h3-9H,1-2H3,(H3,17,18,19,21). The van der Waals surface area contributed by atoms with Gasteiger partial charge < -0.3 is 10.3 Å². The number of carbonyl (C=O) groups excluding carboxylic acids is 1. The summed E-state index contributed by atoms with van der Waals surface area (Å²) in [7, 11) is -1.43. The van der Waals surface area contributed by atoms with Crippen LogP contribution in [-0.4, -0.2) is 30.3 Å². The number of hydrogen-bond donors (Lipinski definition) is 2. The van der Waals surface area contributed by atoms with Crippen molar-refractivity contribution >= 4 is 32.6 Å². The van der Waals surface area contributed by atoms with Crippen molar-refractivity contribution in [2.24, 2.45) is 12.8 Å². The zero-order valence-corrected chi connectivity index (χ0v) is 14.0. The molecule has 0 aliphatic heterocycles. The number of aromatic nitrogens is 2. The Morgan fingerprint density at radius 2 is 2.04 bits per heavy atom. The molecule has 3 aromatic rings. The summed E-state index contributed by atoms with van der Waals surface area (Å²) in [5.74, 6) is 0.335. The Bertz CT molecular complexity index is 1050. The molecule has 0 saturated heterocycles. The highest BCUT2D eigenvalue weighted by molar-refractivity contribution is 7.90. The molecule has 7 nitrogen and oxygen atoms in total. The van der Waals surface area contributed by atoms with Gasteiger partial charge in [-0.05, 0) is 23.8 Å². The third kappa shape index (κ3) is 2.95. The lowest BCUT2D eigenvalue weighted by molar-refractivity contribution is 0.259. The summed E-state index contributed by atoms with van der Waals surface area (Å²) < 4.78 is 25.5. The van der Waals surface area contributed by atoms with E-state index in [4.69, 9.17) is 5.73 Å². The lowest BCUT2D eigenvalue weighted by Gasteiger charge is -2.05. The SMILES string of the molecule is Cn1cc(-c2cccc(S(C)(=O)=O)c2)c2cc(NC(N)=O)ncc21. The molecule has 0 fully saturated rings. The zero-order chi connectivity index (χ0) is 17.5. The highest BCUT2D eigenvalue weighted by atomic mass is 32.2. The minimum atomic E-state index is -3.30. The van der Waals surface area contributed by atoms with E-state index in [9.17, 15) is 13.2 Å². The second-order valence-electron chi connectivity index (χ2n) is 5.53. The summed E-state index contributed by atoms with van der Waals surface area (Å²) in [5, 5.41) is 3.28. The fraction of sp³-hybridized carbons (Fsp3) is 0.125. The lowest BCUT2D eigenvalue weighted by atomic mass is 10.1. The third-order valence-corrected chi connectivity index (χ3v) is 4.81. The van der Waals surface area contributed by atoms with E-state index in [1.807, 2.05) is 23.9 Å². The summed E-state index contributed by atoms with van der Waals surface area (Å²) in [6.45, 7) is 0. The van der Waals surface area contributed by atoms with Crippen LogP contribution in [0.2, 0.25) is 0 Å². The molecule has 1 aromatic carbocycles. The Balaban J connectivity index is 2.21. The number of sulfone groups is 1. The number of urea groups is 1. The van der Waals surface area contributed by atoms with Crippen LogP contribution in [0.5, 0.6) is 0 Å². The van der Waals surface area contributed by atoms with E-state index < -0.39 is 15.9 Å². The van der Waals surface area contributed by atoms with Crippen LogP contribution < -0.4 is 11.1 Å². The first kappa shape index (κ1) is 16.0. The van der Waals surface area contributed by atoms with Gasteiger partial charge in [0.15, 0.2) is 9.84 Å². The molecule has 2 amide bonds. The minimum Gasteiger partial charge on any atom is -0.351 e. The molecule has 0 saturated carbocycles. The van der Waals surface area contributed by atoms with Crippen molar-refractivity contribution in [1.29, 1.82) is 0 Å². The molecule has 8 heteroatoms. The van der Waals surface area contributed by atoms with Gasteiger partial charge in [-0.25, -0.2) is 18.2 Å². The van der Waals surface area contributed by atoms with Crippen LogP contribution in [0, 0.1) is 0 Å². The quantitative estimate of drug-likeness (QED) is 0.759. The van der Waals surface area contributed by atoms with Gasteiger partial charge in [0, 0.05) is 30.4 Å². The van der Waals surface area contributed by atoms with Gasteiger partial charge in [0.25, 0.3) is 0 Å². The van der Waals surface area contributed by atoms with Gasteiger partial charge in [-0.3, -0.25) is 5.32 Å². The number of nitrogens with two attached hydrogens (primary N) is 1. The van der Waals surface area contributed by atoms with Crippen LogP contribution in [0.1, 0.15) is 0 Å². The van der Waals surface area contributed by atoms with E-state index in [1.165, 1.54) is 6.26 Å². The van der Waals surface area contributed by atoms with Crippen LogP contribution in [-0.2, 0) is 16.9 Å². The predicted octanol–water partition coefficient (Wildman–Crippen LogP) is 2.13. The maximum absolute atomic E-state index is 11.8. The molecule has 0 unspecified atom stereocenters. The molecule has 2 aromatic heterocycles. The van der Waals surface area contributed by atoms with Crippen molar-refractivity contribution in [1.82, 2.24) is 9.55 Å². The van der Waals surface area contributed by atoms with Gasteiger partial charge in [-0.2, -0.15) is 0 Å². The Kier molecular flexibility index (Phi) is 3.76. The number of aryl methyl sites for hydroxylation is 1. The van der Waals surface area contributed by atoms with Gasteiger partial charge in [0.1, 0.15) is 5.82 Å².